The zero-order chi connectivity index (χ0) is 13.9. The lowest BCUT2D eigenvalue weighted by molar-refractivity contribution is -0.125. The first kappa shape index (κ1) is 13.7. The molecule has 0 atom stereocenters. The second-order valence-corrected chi connectivity index (χ2v) is 5.49. The summed E-state index contributed by atoms with van der Waals surface area (Å²) in [6.07, 6.45) is 4.13. The van der Waals surface area contributed by atoms with E-state index in [1.165, 1.54) is 0 Å². The van der Waals surface area contributed by atoms with Crippen LogP contribution in [-0.4, -0.2) is 23.2 Å². The SMILES string of the molecule is CSc1cccc(NC(=O)C2(/C(N)=N/O)CCC2)c1. The molecule has 0 aromatic heterocycles. The monoisotopic (exact) mass is 279 g/mol. The molecule has 6 heteroatoms. The molecule has 0 bridgehead atoms. The van der Waals surface area contributed by atoms with Gasteiger partial charge in [-0.3, -0.25) is 4.79 Å². The summed E-state index contributed by atoms with van der Waals surface area (Å²) in [7, 11) is 0. The smallest absolute Gasteiger partial charge is 0.238 e. The largest absolute Gasteiger partial charge is 0.409 e. The molecule has 4 N–H and O–H groups in total. The molecule has 1 amide bonds. The van der Waals surface area contributed by atoms with Crippen molar-refractivity contribution >= 4 is 29.2 Å². The lowest BCUT2D eigenvalue weighted by Crippen LogP contribution is -2.51. The van der Waals surface area contributed by atoms with E-state index < -0.39 is 5.41 Å². The number of hydrogen-bond acceptors (Lipinski definition) is 4. The summed E-state index contributed by atoms with van der Waals surface area (Å²) in [5.41, 5.74) is 5.55. The summed E-state index contributed by atoms with van der Waals surface area (Å²) in [6, 6.07) is 7.60. The minimum atomic E-state index is -0.843. The van der Waals surface area contributed by atoms with Gasteiger partial charge >= 0.3 is 0 Å². The highest BCUT2D eigenvalue weighted by atomic mass is 32.2. The number of anilines is 1. The quantitative estimate of drug-likeness (QED) is 0.259. The molecule has 5 nitrogen and oxygen atoms in total. The van der Waals surface area contributed by atoms with Crippen molar-refractivity contribution in [3.05, 3.63) is 24.3 Å². The molecule has 0 aliphatic heterocycles. The third kappa shape index (κ3) is 2.53. The zero-order valence-electron chi connectivity index (χ0n) is 10.7. The molecule has 1 saturated carbocycles. The van der Waals surface area contributed by atoms with Gasteiger partial charge in [-0.15, -0.1) is 11.8 Å². The topological polar surface area (TPSA) is 87.7 Å². The summed E-state index contributed by atoms with van der Waals surface area (Å²) in [5, 5.41) is 14.7. The minimum absolute atomic E-state index is 0.00253. The Bertz CT molecular complexity index is 512. The maximum atomic E-state index is 12.3. The third-order valence-electron chi connectivity index (χ3n) is 3.57. The number of hydrogen-bond donors (Lipinski definition) is 3. The van der Waals surface area contributed by atoms with E-state index in [1.807, 2.05) is 30.5 Å². The van der Waals surface area contributed by atoms with Crippen molar-refractivity contribution in [1.29, 1.82) is 0 Å². The molecular formula is C13H17N3O2S. The van der Waals surface area contributed by atoms with E-state index in [9.17, 15) is 4.79 Å². The number of carbonyl (C=O) groups is 1. The van der Waals surface area contributed by atoms with Crippen molar-refractivity contribution < 1.29 is 10.0 Å². The van der Waals surface area contributed by atoms with Crippen molar-refractivity contribution in [1.82, 2.24) is 0 Å². The molecule has 19 heavy (non-hydrogen) atoms. The van der Waals surface area contributed by atoms with E-state index in [-0.39, 0.29) is 11.7 Å². The fourth-order valence-corrected chi connectivity index (χ4v) is 2.64. The Kier molecular flexibility index (Phi) is 3.99. The molecular weight excluding hydrogens is 262 g/mol. The Morgan fingerprint density at radius 2 is 2.26 bits per heavy atom. The molecule has 1 aliphatic rings. The fourth-order valence-electron chi connectivity index (χ4n) is 2.18. The van der Waals surface area contributed by atoms with Crippen molar-refractivity contribution in [2.45, 2.75) is 24.2 Å². The number of thioether (sulfide) groups is 1. The second-order valence-electron chi connectivity index (χ2n) is 4.61. The van der Waals surface area contributed by atoms with Crippen LogP contribution >= 0.6 is 11.8 Å². The first-order valence-electron chi connectivity index (χ1n) is 6.06. The maximum absolute atomic E-state index is 12.3. The van der Waals surface area contributed by atoms with Gasteiger partial charge in [0.05, 0.1) is 0 Å². The molecule has 1 fully saturated rings. The van der Waals surface area contributed by atoms with Gasteiger partial charge in [0.25, 0.3) is 0 Å². The van der Waals surface area contributed by atoms with Crippen LogP contribution < -0.4 is 11.1 Å². The van der Waals surface area contributed by atoms with Gasteiger partial charge in [0.15, 0.2) is 5.84 Å². The van der Waals surface area contributed by atoms with Crippen molar-refractivity contribution in [2.24, 2.45) is 16.3 Å². The highest BCUT2D eigenvalue weighted by Crippen LogP contribution is 2.42. The van der Waals surface area contributed by atoms with Crippen LogP contribution in [0.25, 0.3) is 0 Å². The molecule has 0 unspecified atom stereocenters. The van der Waals surface area contributed by atoms with Gasteiger partial charge in [-0.1, -0.05) is 17.6 Å². The van der Waals surface area contributed by atoms with E-state index in [0.29, 0.717) is 12.8 Å². The third-order valence-corrected chi connectivity index (χ3v) is 4.29. The Hall–Kier alpha value is -1.69. The molecule has 0 saturated heterocycles. The van der Waals surface area contributed by atoms with E-state index in [4.69, 9.17) is 10.9 Å². The predicted octanol–water partition coefficient (Wildman–Crippen LogP) is 2.26. The molecule has 0 spiro atoms. The van der Waals surface area contributed by atoms with Crippen LogP contribution in [0.1, 0.15) is 19.3 Å². The van der Waals surface area contributed by atoms with Crippen LogP contribution in [0, 0.1) is 5.41 Å². The predicted molar refractivity (Wildman–Crippen MR) is 76.5 cm³/mol. The molecule has 2 rings (SSSR count). The van der Waals surface area contributed by atoms with Gasteiger partial charge in [-0.2, -0.15) is 0 Å². The lowest BCUT2D eigenvalue weighted by Gasteiger charge is -2.38. The van der Waals surface area contributed by atoms with E-state index in [1.54, 1.807) is 11.8 Å². The molecule has 102 valence electrons. The summed E-state index contributed by atoms with van der Waals surface area (Å²) in [4.78, 5) is 13.4. The van der Waals surface area contributed by atoms with E-state index >= 15 is 0 Å². The van der Waals surface area contributed by atoms with Gasteiger partial charge in [0.1, 0.15) is 5.41 Å². The van der Waals surface area contributed by atoms with Crippen LogP contribution in [0.15, 0.2) is 34.3 Å². The number of amides is 1. The number of nitrogens with zero attached hydrogens (tertiary/aromatic N) is 1. The normalized spacial score (nSPS) is 17.6. The van der Waals surface area contributed by atoms with Crippen LogP contribution in [-0.2, 0) is 4.79 Å². The Morgan fingerprint density at radius 1 is 1.53 bits per heavy atom. The van der Waals surface area contributed by atoms with Gasteiger partial charge in [0.2, 0.25) is 5.91 Å². The lowest BCUT2D eigenvalue weighted by atomic mass is 9.67. The van der Waals surface area contributed by atoms with Crippen molar-refractivity contribution in [2.75, 3.05) is 11.6 Å². The van der Waals surface area contributed by atoms with Crippen LogP contribution in [0.3, 0.4) is 0 Å². The van der Waals surface area contributed by atoms with Crippen LogP contribution in [0.5, 0.6) is 0 Å². The highest BCUT2D eigenvalue weighted by molar-refractivity contribution is 7.98. The highest BCUT2D eigenvalue weighted by Gasteiger charge is 2.48. The van der Waals surface area contributed by atoms with E-state index in [0.717, 1.165) is 17.0 Å². The fraction of sp³-hybridized carbons (Fsp3) is 0.385. The number of carbonyl (C=O) groups excluding carboxylic acids is 1. The minimum Gasteiger partial charge on any atom is -0.409 e. The number of benzene rings is 1. The molecule has 0 heterocycles. The first-order valence-corrected chi connectivity index (χ1v) is 7.28. The maximum Gasteiger partial charge on any atom is 0.238 e. The number of nitrogens with two attached hydrogens (primary N) is 1. The molecule has 1 aliphatic carbocycles. The number of amidine groups is 1. The Balaban J connectivity index is 2.16. The molecule has 1 aromatic rings. The zero-order valence-corrected chi connectivity index (χ0v) is 11.5. The summed E-state index contributed by atoms with van der Waals surface area (Å²) < 4.78 is 0. The number of oxime groups is 1. The summed E-state index contributed by atoms with van der Waals surface area (Å²) in [6.45, 7) is 0. The van der Waals surface area contributed by atoms with Gasteiger partial charge in [-0.25, -0.2) is 0 Å². The average molecular weight is 279 g/mol. The summed E-state index contributed by atoms with van der Waals surface area (Å²) >= 11 is 1.61. The Morgan fingerprint density at radius 3 is 2.79 bits per heavy atom. The Labute approximate surface area is 116 Å². The van der Waals surface area contributed by atoms with Crippen molar-refractivity contribution in [3.8, 4) is 0 Å². The van der Waals surface area contributed by atoms with E-state index in [2.05, 4.69) is 10.5 Å². The molecule has 1 aromatic carbocycles. The van der Waals surface area contributed by atoms with Gasteiger partial charge in [0, 0.05) is 10.6 Å². The van der Waals surface area contributed by atoms with Crippen molar-refractivity contribution in [3.63, 3.8) is 0 Å². The number of rotatable bonds is 4. The van der Waals surface area contributed by atoms with Gasteiger partial charge in [-0.05, 0) is 37.3 Å². The van der Waals surface area contributed by atoms with Gasteiger partial charge < -0.3 is 16.3 Å². The first-order chi connectivity index (χ1) is 9.12. The van der Waals surface area contributed by atoms with Crippen LogP contribution in [0.4, 0.5) is 5.69 Å². The molecule has 0 radical (unpaired) electrons. The van der Waals surface area contributed by atoms with Crippen LogP contribution in [0.2, 0.25) is 0 Å². The standard InChI is InChI=1S/C13H17N3O2S/c1-19-10-5-2-4-9(8-10)15-12(17)13(6-3-7-13)11(14)16-18/h2,4-5,8,18H,3,6-7H2,1H3,(H2,14,16)(H,15,17). The number of nitrogens with one attached hydrogen (secondary N) is 1. The second kappa shape index (κ2) is 5.52. The summed E-state index contributed by atoms with van der Waals surface area (Å²) in [5.74, 6) is -0.204. The average Bonchev–Trinajstić information content (AvgIpc) is 2.37.